The molecule has 5 aliphatic heterocycles. The van der Waals surface area contributed by atoms with E-state index in [4.69, 9.17) is 9.47 Å². The SMILES string of the molecule is C=[P+]1C2CCC1C1C2C2C3OCOC3C1[P+]2=C. The van der Waals surface area contributed by atoms with Crippen molar-refractivity contribution in [2.24, 2.45) is 11.8 Å². The molecular formula is C13H18O2P2+2. The Morgan fingerprint density at radius 1 is 0.824 bits per heavy atom. The van der Waals surface area contributed by atoms with Gasteiger partial charge in [0.15, 0.2) is 11.3 Å². The number of fused-ring (bicyclic) bond motifs is 12. The minimum atomic E-state index is -0.0925. The van der Waals surface area contributed by atoms with Gasteiger partial charge in [0.2, 0.25) is 0 Å². The van der Waals surface area contributed by atoms with E-state index in [9.17, 15) is 0 Å². The van der Waals surface area contributed by atoms with Gasteiger partial charge in [-0.3, -0.25) is 0 Å². The van der Waals surface area contributed by atoms with Gasteiger partial charge in [0.05, 0.1) is 39.5 Å². The van der Waals surface area contributed by atoms with Gasteiger partial charge in [0.1, 0.15) is 30.3 Å². The summed E-state index contributed by atoms with van der Waals surface area (Å²) >= 11 is 0. The van der Waals surface area contributed by atoms with E-state index in [1.165, 1.54) is 12.8 Å². The van der Waals surface area contributed by atoms with Crippen molar-refractivity contribution in [1.29, 1.82) is 0 Å². The van der Waals surface area contributed by atoms with Gasteiger partial charge in [0, 0.05) is 0 Å². The van der Waals surface area contributed by atoms with Gasteiger partial charge in [-0.25, -0.2) is 0 Å². The molecule has 5 saturated heterocycles. The molecule has 4 heteroatoms. The Hall–Kier alpha value is 0.260. The first-order valence-electron chi connectivity index (χ1n) is 6.70. The average molecular weight is 268 g/mol. The van der Waals surface area contributed by atoms with Gasteiger partial charge in [0.25, 0.3) is 0 Å². The van der Waals surface area contributed by atoms with Crippen LogP contribution in [-0.2, 0) is 9.47 Å². The Morgan fingerprint density at radius 3 is 1.88 bits per heavy atom. The van der Waals surface area contributed by atoms with E-state index >= 15 is 0 Å². The van der Waals surface area contributed by atoms with Gasteiger partial charge in [-0.2, -0.15) is 0 Å². The quantitative estimate of drug-likeness (QED) is 0.626. The lowest BCUT2D eigenvalue weighted by molar-refractivity contribution is 0.0377. The fourth-order valence-corrected chi connectivity index (χ4v) is 12.3. The maximum absolute atomic E-state index is 5.87. The van der Waals surface area contributed by atoms with Gasteiger partial charge in [-0.05, 0) is 12.8 Å². The zero-order valence-corrected chi connectivity index (χ0v) is 11.7. The van der Waals surface area contributed by atoms with Crippen LogP contribution in [0.4, 0.5) is 0 Å². The van der Waals surface area contributed by atoms with E-state index in [1.807, 2.05) is 0 Å². The number of hydrogen-bond donors (Lipinski definition) is 0. The van der Waals surface area contributed by atoms with Gasteiger partial charge in [-0.1, -0.05) is 0 Å². The minimum Gasteiger partial charge on any atom is -0.345 e. The van der Waals surface area contributed by atoms with Gasteiger partial charge < -0.3 is 9.47 Å². The summed E-state index contributed by atoms with van der Waals surface area (Å²) in [6.07, 6.45) is 12.8. The van der Waals surface area contributed by atoms with Gasteiger partial charge >= 0.3 is 0 Å². The molecule has 90 valence electrons. The van der Waals surface area contributed by atoms with E-state index in [1.54, 1.807) is 0 Å². The molecule has 2 nitrogen and oxygen atoms in total. The molecule has 17 heavy (non-hydrogen) atoms. The van der Waals surface area contributed by atoms with Crippen LogP contribution in [0.2, 0.25) is 0 Å². The monoisotopic (exact) mass is 268 g/mol. The Bertz CT molecular complexity index is 413. The first-order chi connectivity index (χ1) is 8.29. The summed E-state index contributed by atoms with van der Waals surface area (Å²) in [5.74, 6) is 1.85. The highest BCUT2D eigenvalue weighted by molar-refractivity contribution is 7.60. The summed E-state index contributed by atoms with van der Waals surface area (Å²) in [6.45, 7) is 0.541. The lowest BCUT2D eigenvalue weighted by atomic mass is 9.69. The molecule has 8 unspecified atom stereocenters. The van der Waals surface area contributed by atoms with Crippen molar-refractivity contribution in [3.05, 3.63) is 0 Å². The summed E-state index contributed by atoms with van der Waals surface area (Å²) in [7, 11) is -0.0319. The molecule has 0 aliphatic carbocycles. The van der Waals surface area contributed by atoms with Crippen LogP contribution in [0.3, 0.4) is 0 Å². The Balaban J connectivity index is 1.66. The molecule has 4 bridgehead atoms. The second kappa shape index (κ2) is 3.05. The predicted molar refractivity (Wildman–Crippen MR) is 74.1 cm³/mol. The zero-order valence-electron chi connectivity index (χ0n) is 9.87. The molecule has 5 rings (SSSR count). The fraction of sp³-hybridized carbons (Fsp3) is 0.846. The van der Waals surface area contributed by atoms with E-state index in [0.717, 1.165) is 34.5 Å². The van der Waals surface area contributed by atoms with Crippen LogP contribution in [0, 0.1) is 11.8 Å². The highest BCUT2D eigenvalue weighted by Gasteiger charge is 2.80. The van der Waals surface area contributed by atoms with Crippen molar-refractivity contribution in [3.63, 3.8) is 0 Å². The van der Waals surface area contributed by atoms with Crippen molar-refractivity contribution in [2.45, 2.75) is 47.7 Å². The van der Waals surface area contributed by atoms with Gasteiger partial charge in [-0.15, -0.1) is 0 Å². The van der Waals surface area contributed by atoms with Crippen molar-refractivity contribution >= 4 is 27.7 Å². The first-order valence-corrected chi connectivity index (χ1v) is 10.0. The van der Waals surface area contributed by atoms with Crippen molar-refractivity contribution < 1.29 is 9.47 Å². The van der Waals surface area contributed by atoms with Crippen LogP contribution >= 0.6 is 15.1 Å². The Morgan fingerprint density at radius 2 is 1.35 bits per heavy atom. The highest BCUT2D eigenvalue weighted by Crippen LogP contribution is 2.76. The molecule has 0 radical (unpaired) electrons. The Kier molecular flexibility index (Phi) is 1.81. The second-order valence-electron chi connectivity index (χ2n) is 6.26. The number of ether oxygens (including phenoxy) is 2. The zero-order chi connectivity index (χ0) is 11.3. The van der Waals surface area contributed by atoms with Crippen molar-refractivity contribution in [3.8, 4) is 0 Å². The van der Waals surface area contributed by atoms with Crippen LogP contribution in [0.5, 0.6) is 0 Å². The minimum absolute atomic E-state index is 0.0606. The molecule has 8 atom stereocenters. The standard InChI is InChI=1S/C13H18O2P2/c1-16-6-3-4-7(16)9-8(6)12-10-11(15-5-14-10)13(9)17(12)2/h6-13H,1-5H2/q+2. The third kappa shape index (κ3) is 0.942. The van der Waals surface area contributed by atoms with E-state index in [-0.39, 0.29) is 15.1 Å². The summed E-state index contributed by atoms with van der Waals surface area (Å²) in [5, 5.41) is 0. The van der Waals surface area contributed by atoms with Crippen LogP contribution in [0.25, 0.3) is 0 Å². The second-order valence-corrected chi connectivity index (χ2v) is 10.8. The average Bonchev–Trinajstić information content (AvgIpc) is 3.04. The maximum atomic E-state index is 5.87. The molecule has 5 heterocycles. The maximum Gasteiger partial charge on any atom is 0.153 e. The van der Waals surface area contributed by atoms with E-state index in [0.29, 0.717) is 19.0 Å². The molecule has 0 spiro atoms. The summed E-state index contributed by atoms with van der Waals surface area (Å²) < 4.78 is 11.7. The van der Waals surface area contributed by atoms with Crippen LogP contribution in [-0.4, -0.2) is 54.2 Å². The van der Waals surface area contributed by atoms with E-state index < -0.39 is 0 Å². The molecule has 0 N–H and O–H groups in total. The molecule has 5 aliphatic rings. The first kappa shape index (κ1) is 10.1. The summed E-state index contributed by atoms with van der Waals surface area (Å²) in [6, 6.07) is 0. The third-order valence-electron chi connectivity index (χ3n) is 6.02. The fourth-order valence-electron chi connectivity index (χ4n) is 5.60. The van der Waals surface area contributed by atoms with Crippen molar-refractivity contribution in [1.82, 2.24) is 0 Å². The smallest absolute Gasteiger partial charge is 0.153 e. The summed E-state index contributed by atoms with van der Waals surface area (Å²) in [5.41, 5.74) is 3.42. The largest absolute Gasteiger partial charge is 0.345 e. The highest BCUT2D eigenvalue weighted by atomic mass is 31.1. The number of rotatable bonds is 0. The van der Waals surface area contributed by atoms with E-state index in [2.05, 4.69) is 12.6 Å². The molecule has 0 aromatic carbocycles. The topological polar surface area (TPSA) is 18.5 Å². The molecule has 0 aromatic rings. The molecule has 0 aromatic heterocycles. The molecular weight excluding hydrogens is 250 g/mol. The lowest BCUT2D eigenvalue weighted by Crippen LogP contribution is -2.48. The predicted octanol–water partition coefficient (Wildman–Crippen LogP) is 2.10. The molecule has 0 amide bonds. The molecule has 5 fully saturated rings. The Labute approximate surface area is 104 Å². The van der Waals surface area contributed by atoms with Crippen LogP contribution < -0.4 is 0 Å². The lowest BCUT2D eigenvalue weighted by Gasteiger charge is -2.29. The van der Waals surface area contributed by atoms with Crippen LogP contribution in [0.1, 0.15) is 12.8 Å². The third-order valence-corrected chi connectivity index (χ3v) is 11.7. The molecule has 0 saturated carbocycles. The summed E-state index contributed by atoms with van der Waals surface area (Å²) in [4.78, 5) is 0. The van der Waals surface area contributed by atoms with Crippen LogP contribution in [0.15, 0.2) is 0 Å². The normalized spacial score (nSPS) is 66.6. The van der Waals surface area contributed by atoms with Crippen molar-refractivity contribution in [2.75, 3.05) is 6.79 Å². The number of hydrogen-bond acceptors (Lipinski definition) is 2.